The van der Waals surface area contributed by atoms with E-state index in [-0.39, 0.29) is 0 Å². The number of nitrogens with zero attached hydrogens (tertiary/aromatic N) is 1. The average molecular weight is 217 g/mol. The van der Waals surface area contributed by atoms with Gasteiger partial charge in [-0.25, -0.2) is 4.98 Å². The third kappa shape index (κ3) is 2.85. The van der Waals surface area contributed by atoms with Gasteiger partial charge >= 0.3 is 0 Å². The van der Waals surface area contributed by atoms with Crippen LogP contribution in [0.15, 0.2) is 5.38 Å². The smallest absolute Gasteiger partial charge is 0.182 e. The van der Waals surface area contributed by atoms with Crippen LogP contribution in [0.3, 0.4) is 0 Å². The third-order valence-corrected chi connectivity index (χ3v) is 3.34. The number of hydrogen-bond donors (Lipinski definition) is 1. The highest BCUT2D eigenvalue weighted by atomic mass is 35.5. The van der Waals surface area contributed by atoms with Crippen LogP contribution in [0.5, 0.6) is 0 Å². The van der Waals surface area contributed by atoms with Gasteiger partial charge < -0.3 is 5.32 Å². The molecule has 0 spiro atoms. The van der Waals surface area contributed by atoms with Gasteiger partial charge in [0.1, 0.15) is 0 Å². The second-order valence-corrected chi connectivity index (χ2v) is 4.56. The molecule has 1 fully saturated rings. The summed E-state index contributed by atoms with van der Waals surface area (Å²) in [7, 11) is 0. The van der Waals surface area contributed by atoms with Crippen LogP contribution in [0, 0.1) is 5.92 Å². The predicted molar refractivity (Wildman–Crippen MR) is 57.5 cm³/mol. The van der Waals surface area contributed by atoms with Crippen LogP contribution in [0.25, 0.3) is 0 Å². The molecule has 1 N–H and O–H groups in total. The molecule has 0 bridgehead atoms. The lowest BCUT2D eigenvalue weighted by Gasteiger charge is -1.99. The van der Waals surface area contributed by atoms with Crippen molar-refractivity contribution in [1.29, 1.82) is 0 Å². The molecule has 0 aromatic carbocycles. The van der Waals surface area contributed by atoms with Gasteiger partial charge in [0, 0.05) is 11.9 Å². The summed E-state index contributed by atoms with van der Waals surface area (Å²) in [4.78, 5) is 4.32. The number of nitrogens with one attached hydrogen (secondary N) is 1. The van der Waals surface area contributed by atoms with Gasteiger partial charge in [-0.2, -0.15) is 0 Å². The number of anilines is 1. The molecule has 0 aliphatic heterocycles. The van der Waals surface area contributed by atoms with Gasteiger partial charge in [-0.3, -0.25) is 0 Å². The summed E-state index contributed by atoms with van der Waals surface area (Å²) < 4.78 is 0. The van der Waals surface area contributed by atoms with Crippen LogP contribution < -0.4 is 5.32 Å². The topological polar surface area (TPSA) is 24.9 Å². The van der Waals surface area contributed by atoms with E-state index in [2.05, 4.69) is 10.3 Å². The zero-order valence-electron chi connectivity index (χ0n) is 7.42. The zero-order chi connectivity index (χ0) is 9.10. The minimum Gasteiger partial charge on any atom is -0.362 e. The quantitative estimate of drug-likeness (QED) is 0.766. The monoisotopic (exact) mass is 216 g/mol. The van der Waals surface area contributed by atoms with E-state index in [1.54, 1.807) is 11.3 Å². The van der Waals surface area contributed by atoms with Crippen molar-refractivity contribution in [1.82, 2.24) is 4.98 Å². The molecule has 1 aliphatic carbocycles. The van der Waals surface area contributed by atoms with E-state index in [1.165, 1.54) is 19.3 Å². The first kappa shape index (κ1) is 9.28. The SMILES string of the molecule is ClCc1csc(NCCC2CC2)n1. The minimum atomic E-state index is 0.515. The molecule has 72 valence electrons. The molecule has 1 aliphatic rings. The molecule has 4 heteroatoms. The summed E-state index contributed by atoms with van der Waals surface area (Å²) in [5.74, 6) is 1.50. The molecule has 1 saturated carbocycles. The fraction of sp³-hybridized carbons (Fsp3) is 0.667. The van der Waals surface area contributed by atoms with Gasteiger partial charge in [-0.05, 0) is 12.3 Å². The fourth-order valence-corrected chi connectivity index (χ4v) is 2.21. The van der Waals surface area contributed by atoms with Crippen LogP contribution in [0.4, 0.5) is 5.13 Å². The van der Waals surface area contributed by atoms with Gasteiger partial charge in [0.2, 0.25) is 0 Å². The normalized spacial score (nSPS) is 16.1. The van der Waals surface area contributed by atoms with Crippen molar-refractivity contribution in [2.24, 2.45) is 5.92 Å². The highest BCUT2D eigenvalue weighted by molar-refractivity contribution is 7.13. The van der Waals surface area contributed by atoms with Crippen LogP contribution >= 0.6 is 22.9 Å². The highest BCUT2D eigenvalue weighted by Gasteiger charge is 2.20. The van der Waals surface area contributed by atoms with E-state index in [4.69, 9.17) is 11.6 Å². The van der Waals surface area contributed by atoms with E-state index < -0.39 is 0 Å². The third-order valence-electron chi connectivity index (χ3n) is 2.21. The molecule has 0 saturated heterocycles. The van der Waals surface area contributed by atoms with Crippen molar-refractivity contribution in [3.8, 4) is 0 Å². The van der Waals surface area contributed by atoms with Crippen molar-refractivity contribution in [3.05, 3.63) is 11.1 Å². The Hall–Kier alpha value is -0.280. The first-order valence-corrected chi connectivity index (χ1v) is 6.04. The van der Waals surface area contributed by atoms with Gasteiger partial charge in [0.15, 0.2) is 5.13 Å². The number of aromatic nitrogens is 1. The standard InChI is InChI=1S/C9H13ClN2S/c10-5-8-6-13-9(12-8)11-4-3-7-1-2-7/h6-7H,1-5H2,(H,11,12). The van der Waals surface area contributed by atoms with Gasteiger partial charge in [0.25, 0.3) is 0 Å². The number of hydrogen-bond acceptors (Lipinski definition) is 3. The molecule has 13 heavy (non-hydrogen) atoms. The highest BCUT2D eigenvalue weighted by Crippen LogP contribution is 2.32. The Morgan fingerprint density at radius 1 is 1.62 bits per heavy atom. The molecule has 0 amide bonds. The molecule has 1 aromatic heterocycles. The molecule has 1 heterocycles. The molecule has 2 rings (SSSR count). The average Bonchev–Trinajstić information content (AvgIpc) is 2.84. The van der Waals surface area contributed by atoms with Gasteiger partial charge in [0.05, 0.1) is 11.6 Å². The van der Waals surface area contributed by atoms with Crippen LogP contribution in [-0.4, -0.2) is 11.5 Å². The Bertz CT molecular complexity index is 270. The molecule has 0 unspecified atom stereocenters. The lowest BCUT2D eigenvalue weighted by atomic mass is 10.3. The van der Waals surface area contributed by atoms with Crippen molar-refractivity contribution in [2.75, 3.05) is 11.9 Å². The molecule has 1 aromatic rings. The maximum absolute atomic E-state index is 5.65. The van der Waals surface area contributed by atoms with E-state index in [1.807, 2.05) is 5.38 Å². The predicted octanol–water partition coefficient (Wildman–Crippen LogP) is 3.09. The lowest BCUT2D eigenvalue weighted by molar-refractivity contribution is 0.759. The maximum Gasteiger partial charge on any atom is 0.182 e. The maximum atomic E-state index is 5.65. The Labute approximate surface area is 87.3 Å². The number of halogens is 1. The van der Waals surface area contributed by atoms with E-state index >= 15 is 0 Å². The lowest BCUT2D eigenvalue weighted by Crippen LogP contribution is -2.01. The molecule has 0 radical (unpaired) electrons. The number of alkyl halides is 1. The molecular formula is C9H13ClN2S. The van der Waals surface area contributed by atoms with E-state index in [0.29, 0.717) is 5.88 Å². The van der Waals surface area contributed by atoms with Crippen LogP contribution in [0.1, 0.15) is 25.0 Å². The second kappa shape index (κ2) is 4.29. The first-order chi connectivity index (χ1) is 6.38. The van der Waals surface area contributed by atoms with Crippen molar-refractivity contribution in [2.45, 2.75) is 25.1 Å². The van der Waals surface area contributed by atoms with Crippen LogP contribution in [-0.2, 0) is 5.88 Å². The van der Waals surface area contributed by atoms with Crippen molar-refractivity contribution in [3.63, 3.8) is 0 Å². The van der Waals surface area contributed by atoms with Crippen LogP contribution in [0.2, 0.25) is 0 Å². The van der Waals surface area contributed by atoms with E-state index in [0.717, 1.165) is 23.3 Å². The Kier molecular flexibility index (Phi) is 3.06. The molecular weight excluding hydrogens is 204 g/mol. The van der Waals surface area contributed by atoms with Crippen molar-refractivity contribution >= 4 is 28.1 Å². The summed E-state index contributed by atoms with van der Waals surface area (Å²) >= 11 is 7.29. The number of rotatable bonds is 5. The van der Waals surface area contributed by atoms with Crippen molar-refractivity contribution < 1.29 is 0 Å². The Balaban J connectivity index is 1.72. The van der Waals surface area contributed by atoms with Gasteiger partial charge in [-0.15, -0.1) is 22.9 Å². The summed E-state index contributed by atoms with van der Waals surface area (Å²) in [5, 5.41) is 6.34. The summed E-state index contributed by atoms with van der Waals surface area (Å²) in [6.07, 6.45) is 4.13. The Morgan fingerprint density at radius 3 is 3.08 bits per heavy atom. The Morgan fingerprint density at radius 2 is 2.46 bits per heavy atom. The largest absolute Gasteiger partial charge is 0.362 e. The second-order valence-electron chi connectivity index (χ2n) is 3.44. The summed E-state index contributed by atoms with van der Waals surface area (Å²) in [6.45, 7) is 1.06. The number of thiazole rings is 1. The molecule has 0 atom stereocenters. The summed E-state index contributed by atoms with van der Waals surface area (Å²) in [6, 6.07) is 0. The minimum absolute atomic E-state index is 0.515. The zero-order valence-corrected chi connectivity index (χ0v) is 9.00. The first-order valence-electron chi connectivity index (χ1n) is 4.62. The molecule has 2 nitrogen and oxygen atoms in total. The van der Waals surface area contributed by atoms with E-state index in [9.17, 15) is 0 Å². The fourth-order valence-electron chi connectivity index (χ4n) is 1.24. The van der Waals surface area contributed by atoms with Gasteiger partial charge in [-0.1, -0.05) is 12.8 Å². The summed E-state index contributed by atoms with van der Waals surface area (Å²) in [5.41, 5.74) is 0.973.